The number of hydrogen-bond donors (Lipinski definition) is 1. The minimum Gasteiger partial charge on any atom is -0.314 e. The van der Waals surface area contributed by atoms with E-state index in [1.807, 2.05) is 12.3 Å². The molecule has 14 heavy (non-hydrogen) atoms. The lowest BCUT2D eigenvalue weighted by atomic mass is 9.89. The van der Waals surface area contributed by atoms with Crippen LogP contribution in [-0.2, 0) is 0 Å². The van der Waals surface area contributed by atoms with Gasteiger partial charge in [0.15, 0.2) is 0 Å². The fourth-order valence-corrected chi connectivity index (χ4v) is 2.96. The molecule has 1 saturated heterocycles. The zero-order valence-corrected chi connectivity index (χ0v) is 8.67. The van der Waals surface area contributed by atoms with Gasteiger partial charge in [-0.25, -0.2) is 4.98 Å². The Labute approximate surface area is 88.7 Å². The number of hydrogen-bond acceptors (Lipinski definition) is 2. The molecular weight excluding hydrogens is 196 g/mol. The van der Waals surface area contributed by atoms with Crippen LogP contribution in [0.2, 0.25) is 5.15 Å². The lowest BCUT2D eigenvalue weighted by Crippen LogP contribution is -2.28. The van der Waals surface area contributed by atoms with Gasteiger partial charge >= 0.3 is 0 Å². The normalized spacial score (nSPS) is 35.1. The van der Waals surface area contributed by atoms with Gasteiger partial charge in [0.1, 0.15) is 5.15 Å². The largest absolute Gasteiger partial charge is 0.314 e. The number of halogens is 1. The molecule has 74 valence electrons. The predicted octanol–water partition coefficient (Wildman–Crippen LogP) is 2.20. The molecule has 2 fully saturated rings. The molecule has 0 aromatic carbocycles. The van der Waals surface area contributed by atoms with E-state index in [4.69, 9.17) is 11.6 Å². The van der Waals surface area contributed by atoms with Gasteiger partial charge < -0.3 is 5.32 Å². The first-order valence-electron chi connectivity index (χ1n) is 5.18. The molecule has 2 nitrogen and oxygen atoms in total. The van der Waals surface area contributed by atoms with Gasteiger partial charge in [-0.05, 0) is 42.9 Å². The van der Waals surface area contributed by atoms with Crippen molar-refractivity contribution in [1.82, 2.24) is 10.3 Å². The van der Waals surface area contributed by atoms with E-state index < -0.39 is 0 Å². The Bertz CT molecular complexity index is 336. The van der Waals surface area contributed by atoms with Crippen molar-refractivity contribution in [2.45, 2.75) is 24.8 Å². The molecule has 3 rings (SSSR count). The number of nitrogens with one attached hydrogen (secondary N) is 1. The first-order valence-corrected chi connectivity index (χ1v) is 5.55. The van der Waals surface area contributed by atoms with Crippen molar-refractivity contribution in [2.24, 2.45) is 5.92 Å². The third-order valence-corrected chi connectivity index (χ3v) is 3.77. The second-order valence-electron chi connectivity index (χ2n) is 4.36. The second kappa shape index (κ2) is 3.21. The molecule has 0 spiro atoms. The van der Waals surface area contributed by atoms with Crippen LogP contribution >= 0.6 is 11.6 Å². The van der Waals surface area contributed by atoms with Crippen LogP contribution in [0.3, 0.4) is 0 Å². The van der Waals surface area contributed by atoms with E-state index in [0.29, 0.717) is 11.1 Å². The molecular formula is C11H13ClN2. The molecule has 1 aliphatic heterocycles. The van der Waals surface area contributed by atoms with Crippen molar-refractivity contribution >= 4 is 11.6 Å². The maximum Gasteiger partial charge on any atom is 0.129 e. The standard InChI is InChI=1S/C11H13ClN2/c12-11-2-1-7(5-14-11)10-4-9-3-8(10)6-13-9/h1-2,5,8-10,13H,3-4,6H2/t8-,9+,10-/m1/s1. The molecule has 0 amide bonds. The maximum atomic E-state index is 5.77. The summed E-state index contributed by atoms with van der Waals surface area (Å²) in [6.07, 6.45) is 4.55. The molecule has 3 atom stereocenters. The van der Waals surface area contributed by atoms with Gasteiger partial charge in [0.05, 0.1) is 0 Å². The lowest BCUT2D eigenvalue weighted by molar-refractivity contribution is 0.440. The summed E-state index contributed by atoms with van der Waals surface area (Å²) in [4.78, 5) is 4.15. The number of rotatable bonds is 1. The van der Waals surface area contributed by atoms with Gasteiger partial charge in [-0.15, -0.1) is 0 Å². The number of pyridine rings is 1. The second-order valence-corrected chi connectivity index (χ2v) is 4.74. The Morgan fingerprint density at radius 1 is 1.36 bits per heavy atom. The number of fused-ring (bicyclic) bond motifs is 2. The van der Waals surface area contributed by atoms with E-state index >= 15 is 0 Å². The highest BCUT2D eigenvalue weighted by Crippen LogP contribution is 2.42. The van der Waals surface area contributed by atoms with E-state index in [9.17, 15) is 0 Å². The highest BCUT2D eigenvalue weighted by atomic mass is 35.5. The molecule has 1 saturated carbocycles. The number of piperidine rings is 1. The Morgan fingerprint density at radius 2 is 2.29 bits per heavy atom. The molecule has 1 aromatic heterocycles. The van der Waals surface area contributed by atoms with Crippen molar-refractivity contribution < 1.29 is 0 Å². The SMILES string of the molecule is Clc1ccc([C@H]2C[C@@H]3C[C@@H]2CN3)cn1. The van der Waals surface area contributed by atoms with E-state index in [1.165, 1.54) is 24.9 Å². The van der Waals surface area contributed by atoms with Crippen LogP contribution < -0.4 is 5.32 Å². The van der Waals surface area contributed by atoms with E-state index in [2.05, 4.69) is 16.4 Å². The molecule has 2 bridgehead atoms. The first kappa shape index (κ1) is 8.69. The molecule has 3 heteroatoms. The molecule has 2 heterocycles. The Morgan fingerprint density at radius 3 is 2.86 bits per heavy atom. The smallest absolute Gasteiger partial charge is 0.129 e. The van der Waals surface area contributed by atoms with Crippen LogP contribution in [0.15, 0.2) is 18.3 Å². The quantitative estimate of drug-likeness (QED) is 0.716. The van der Waals surface area contributed by atoms with Gasteiger partial charge in [0.25, 0.3) is 0 Å². The van der Waals surface area contributed by atoms with Crippen molar-refractivity contribution in [3.63, 3.8) is 0 Å². The molecule has 1 aliphatic carbocycles. The predicted molar refractivity (Wildman–Crippen MR) is 56.5 cm³/mol. The maximum absolute atomic E-state index is 5.77. The minimum absolute atomic E-state index is 0.593. The summed E-state index contributed by atoms with van der Waals surface area (Å²) in [6, 6.07) is 4.78. The Hall–Kier alpha value is -0.600. The van der Waals surface area contributed by atoms with Crippen LogP contribution in [-0.4, -0.2) is 17.6 Å². The summed E-state index contributed by atoms with van der Waals surface area (Å²) < 4.78 is 0. The fraction of sp³-hybridized carbons (Fsp3) is 0.545. The summed E-state index contributed by atoms with van der Waals surface area (Å²) in [6.45, 7) is 1.18. The summed E-state index contributed by atoms with van der Waals surface area (Å²) >= 11 is 5.77. The van der Waals surface area contributed by atoms with Gasteiger partial charge in [-0.2, -0.15) is 0 Å². The number of aromatic nitrogens is 1. The Balaban J connectivity index is 1.86. The summed E-state index contributed by atoms with van der Waals surface area (Å²) in [5.41, 5.74) is 1.36. The van der Waals surface area contributed by atoms with Crippen LogP contribution in [0.25, 0.3) is 0 Å². The van der Waals surface area contributed by atoms with E-state index in [1.54, 1.807) is 0 Å². The molecule has 1 N–H and O–H groups in total. The highest BCUT2D eigenvalue weighted by molar-refractivity contribution is 6.29. The zero-order chi connectivity index (χ0) is 9.54. The minimum atomic E-state index is 0.593. The van der Waals surface area contributed by atoms with E-state index in [-0.39, 0.29) is 0 Å². The molecule has 2 aliphatic rings. The molecule has 0 radical (unpaired) electrons. The van der Waals surface area contributed by atoms with Crippen molar-refractivity contribution in [2.75, 3.05) is 6.54 Å². The lowest BCUT2D eigenvalue weighted by Gasteiger charge is -2.22. The average molecular weight is 209 g/mol. The highest BCUT2D eigenvalue weighted by Gasteiger charge is 2.39. The topological polar surface area (TPSA) is 24.9 Å². The summed E-state index contributed by atoms with van der Waals surface area (Å²) in [7, 11) is 0. The van der Waals surface area contributed by atoms with Crippen LogP contribution in [0.4, 0.5) is 0 Å². The van der Waals surface area contributed by atoms with Crippen LogP contribution in [0.1, 0.15) is 24.3 Å². The van der Waals surface area contributed by atoms with Gasteiger partial charge in [-0.1, -0.05) is 17.7 Å². The number of nitrogens with zero attached hydrogens (tertiary/aromatic N) is 1. The third kappa shape index (κ3) is 1.33. The third-order valence-electron chi connectivity index (χ3n) is 3.54. The molecule has 1 aromatic rings. The summed E-state index contributed by atoms with van der Waals surface area (Å²) in [5, 5.41) is 4.11. The Kier molecular flexibility index (Phi) is 1.99. The van der Waals surface area contributed by atoms with Crippen molar-refractivity contribution in [3.05, 3.63) is 29.0 Å². The first-order chi connectivity index (χ1) is 6.83. The molecule has 0 unspecified atom stereocenters. The monoisotopic (exact) mass is 208 g/mol. The van der Waals surface area contributed by atoms with Gasteiger partial charge in [0.2, 0.25) is 0 Å². The average Bonchev–Trinajstić information content (AvgIpc) is 2.80. The van der Waals surface area contributed by atoms with E-state index in [0.717, 1.165) is 12.0 Å². The van der Waals surface area contributed by atoms with Crippen LogP contribution in [0, 0.1) is 5.92 Å². The van der Waals surface area contributed by atoms with Gasteiger partial charge in [0, 0.05) is 12.2 Å². The summed E-state index contributed by atoms with van der Waals surface area (Å²) in [5.74, 6) is 1.54. The van der Waals surface area contributed by atoms with Crippen molar-refractivity contribution in [1.29, 1.82) is 0 Å². The zero-order valence-electron chi connectivity index (χ0n) is 7.91. The fourth-order valence-electron chi connectivity index (χ4n) is 2.85. The van der Waals surface area contributed by atoms with Gasteiger partial charge in [-0.3, -0.25) is 0 Å². The van der Waals surface area contributed by atoms with Crippen LogP contribution in [0.5, 0.6) is 0 Å². The van der Waals surface area contributed by atoms with Crippen molar-refractivity contribution in [3.8, 4) is 0 Å².